The summed E-state index contributed by atoms with van der Waals surface area (Å²) in [6, 6.07) is 8.28. The van der Waals surface area contributed by atoms with Gasteiger partial charge in [-0.2, -0.15) is 0 Å². The van der Waals surface area contributed by atoms with Crippen LogP contribution in [0, 0.1) is 0 Å². The average molecular weight is 243 g/mol. The Morgan fingerprint density at radius 2 is 2.33 bits per heavy atom. The third kappa shape index (κ3) is 1.99. The quantitative estimate of drug-likeness (QED) is 0.638. The van der Waals surface area contributed by atoms with E-state index in [9.17, 15) is 0 Å². The molecule has 3 N–H and O–H groups in total. The summed E-state index contributed by atoms with van der Waals surface area (Å²) in [7, 11) is 0. The van der Waals surface area contributed by atoms with Gasteiger partial charge in [-0.1, -0.05) is 18.2 Å². The van der Waals surface area contributed by atoms with Gasteiger partial charge in [-0.3, -0.25) is 16.3 Å². The number of pyridine rings is 1. The second-order valence-corrected chi connectivity index (χ2v) is 4.64. The van der Waals surface area contributed by atoms with Gasteiger partial charge in [0, 0.05) is 24.4 Å². The summed E-state index contributed by atoms with van der Waals surface area (Å²) in [4.78, 5) is 4.15. The predicted molar refractivity (Wildman–Crippen MR) is 70.8 cm³/mol. The van der Waals surface area contributed by atoms with Gasteiger partial charge >= 0.3 is 0 Å². The Balaban J connectivity index is 2.06. The SMILES string of the molecule is NNC(c1cccc2cnccc12)C1CCCO1. The summed E-state index contributed by atoms with van der Waals surface area (Å²) in [5.74, 6) is 5.73. The average Bonchev–Trinajstić information content (AvgIpc) is 2.94. The zero-order valence-corrected chi connectivity index (χ0v) is 10.2. The smallest absolute Gasteiger partial charge is 0.0783 e. The van der Waals surface area contributed by atoms with Crippen molar-refractivity contribution in [3.05, 3.63) is 42.2 Å². The fourth-order valence-corrected chi connectivity index (χ4v) is 2.68. The predicted octanol–water partition coefficient (Wildman–Crippen LogP) is 1.92. The Morgan fingerprint density at radius 1 is 1.39 bits per heavy atom. The van der Waals surface area contributed by atoms with Crippen LogP contribution >= 0.6 is 0 Å². The maximum absolute atomic E-state index is 5.75. The van der Waals surface area contributed by atoms with Crippen LogP contribution in [-0.2, 0) is 4.74 Å². The summed E-state index contributed by atoms with van der Waals surface area (Å²) in [6.45, 7) is 0.829. The van der Waals surface area contributed by atoms with Gasteiger partial charge in [-0.25, -0.2) is 0 Å². The lowest BCUT2D eigenvalue weighted by atomic mass is 9.95. The molecular formula is C14H17N3O. The van der Waals surface area contributed by atoms with Gasteiger partial charge in [0.15, 0.2) is 0 Å². The summed E-state index contributed by atoms with van der Waals surface area (Å²) < 4.78 is 5.75. The number of nitrogens with one attached hydrogen (secondary N) is 1. The lowest BCUT2D eigenvalue weighted by molar-refractivity contribution is 0.0788. The molecule has 1 aromatic heterocycles. The summed E-state index contributed by atoms with van der Waals surface area (Å²) >= 11 is 0. The van der Waals surface area contributed by atoms with Gasteiger partial charge in [0.1, 0.15) is 0 Å². The Morgan fingerprint density at radius 3 is 3.11 bits per heavy atom. The molecular weight excluding hydrogens is 226 g/mol. The fraction of sp³-hybridized carbons (Fsp3) is 0.357. The van der Waals surface area contributed by atoms with Crippen LogP contribution in [-0.4, -0.2) is 17.7 Å². The van der Waals surface area contributed by atoms with Crippen molar-refractivity contribution < 1.29 is 4.74 Å². The van der Waals surface area contributed by atoms with E-state index in [1.807, 2.05) is 24.5 Å². The Kier molecular flexibility index (Phi) is 3.23. The number of hydrogen-bond donors (Lipinski definition) is 2. The summed E-state index contributed by atoms with van der Waals surface area (Å²) in [5.41, 5.74) is 4.09. The van der Waals surface area contributed by atoms with E-state index in [0.717, 1.165) is 24.8 Å². The van der Waals surface area contributed by atoms with Crippen LogP contribution in [0.15, 0.2) is 36.7 Å². The first-order valence-corrected chi connectivity index (χ1v) is 6.30. The van der Waals surface area contributed by atoms with Crippen molar-refractivity contribution in [1.82, 2.24) is 10.4 Å². The number of hydrogen-bond acceptors (Lipinski definition) is 4. The van der Waals surface area contributed by atoms with E-state index in [1.165, 1.54) is 10.9 Å². The molecule has 2 heterocycles. The van der Waals surface area contributed by atoms with Crippen molar-refractivity contribution in [2.75, 3.05) is 6.61 Å². The van der Waals surface area contributed by atoms with Gasteiger partial charge in [0.05, 0.1) is 12.1 Å². The molecule has 0 saturated carbocycles. The number of fused-ring (bicyclic) bond motifs is 1. The van der Waals surface area contributed by atoms with E-state index in [-0.39, 0.29) is 12.1 Å². The molecule has 0 amide bonds. The first kappa shape index (κ1) is 11.6. The molecule has 1 aliphatic heterocycles. The van der Waals surface area contributed by atoms with E-state index >= 15 is 0 Å². The zero-order chi connectivity index (χ0) is 12.4. The molecule has 3 rings (SSSR count). The zero-order valence-electron chi connectivity index (χ0n) is 10.2. The largest absolute Gasteiger partial charge is 0.376 e. The third-order valence-electron chi connectivity index (χ3n) is 3.57. The van der Waals surface area contributed by atoms with Crippen molar-refractivity contribution in [2.45, 2.75) is 25.0 Å². The van der Waals surface area contributed by atoms with Crippen molar-refractivity contribution in [1.29, 1.82) is 0 Å². The Bertz CT molecular complexity index is 532. The number of nitrogens with zero attached hydrogens (tertiary/aromatic N) is 1. The molecule has 1 aromatic carbocycles. The molecule has 2 atom stereocenters. The minimum absolute atomic E-state index is 0.0404. The van der Waals surface area contributed by atoms with Crippen LogP contribution in [0.25, 0.3) is 10.8 Å². The monoisotopic (exact) mass is 243 g/mol. The van der Waals surface area contributed by atoms with E-state index in [1.54, 1.807) is 0 Å². The standard InChI is InChI=1S/C14H17N3O/c15-17-14(13-5-2-8-18-13)12-4-1-3-10-9-16-7-6-11(10)12/h1,3-4,6-7,9,13-14,17H,2,5,8,15H2. The molecule has 0 spiro atoms. The number of ether oxygens (including phenoxy) is 1. The first-order chi connectivity index (χ1) is 8.90. The highest BCUT2D eigenvalue weighted by molar-refractivity contribution is 5.85. The molecule has 1 fully saturated rings. The van der Waals surface area contributed by atoms with Crippen molar-refractivity contribution >= 4 is 10.8 Å². The van der Waals surface area contributed by atoms with Crippen LogP contribution in [0.2, 0.25) is 0 Å². The maximum atomic E-state index is 5.75. The molecule has 4 nitrogen and oxygen atoms in total. The van der Waals surface area contributed by atoms with Crippen LogP contribution < -0.4 is 11.3 Å². The van der Waals surface area contributed by atoms with Crippen LogP contribution in [0.5, 0.6) is 0 Å². The molecule has 4 heteroatoms. The molecule has 0 bridgehead atoms. The highest BCUT2D eigenvalue weighted by atomic mass is 16.5. The van der Waals surface area contributed by atoms with Gasteiger partial charge in [-0.05, 0) is 29.9 Å². The Labute approximate surface area is 106 Å². The fourth-order valence-electron chi connectivity index (χ4n) is 2.68. The summed E-state index contributed by atoms with van der Waals surface area (Å²) in [6.07, 6.45) is 6.01. The van der Waals surface area contributed by atoms with E-state index in [4.69, 9.17) is 10.6 Å². The van der Waals surface area contributed by atoms with Crippen LogP contribution in [0.1, 0.15) is 24.4 Å². The van der Waals surface area contributed by atoms with Crippen molar-refractivity contribution in [3.8, 4) is 0 Å². The normalized spacial score (nSPS) is 21.3. The third-order valence-corrected chi connectivity index (χ3v) is 3.57. The lowest BCUT2D eigenvalue weighted by Gasteiger charge is -2.23. The highest BCUT2D eigenvalue weighted by Crippen LogP contribution is 2.30. The van der Waals surface area contributed by atoms with Gasteiger partial charge in [0.25, 0.3) is 0 Å². The minimum Gasteiger partial charge on any atom is -0.376 e. The number of benzene rings is 1. The highest BCUT2D eigenvalue weighted by Gasteiger charge is 2.27. The molecule has 2 unspecified atom stereocenters. The number of aromatic nitrogens is 1. The maximum Gasteiger partial charge on any atom is 0.0783 e. The second-order valence-electron chi connectivity index (χ2n) is 4.64. The van der Waals surface area contributed by atoms with Crippen molar-refractivity contribution in [3.63, 3.8) is 0 Å². The van der Waals surface area contributed by atoms with E-state index < -0.39 is 0 Å². The lowest BCUT2D eigenvalue weighted by Crippen LogP contribution is -2.36. The molecule has 0 aliphatic carbocycles. The molecule has 1 aliphatic rings. The van der Waals surface area contributed by atoms with Crippen LogP contribution in [0.4, 0.5) is 0 Å². The van der Waals surface area contributed by atoms with E-state index in [0.29, 0.717) is 0 Å². The molecule has 18 heavy (non-hydrogen) atoms. The molecule has 0 radical (unpaired) electrons. The molecule has 94 valence electrons. The summed E-state index contributed by atoms with van der Waals surface area (Å²) in [5, 5.41) is 2.32. The Hall–Kier alpha value is -1.49. The molecule has 1 saturated heterocycles. The van der Waals surface area contributed by atoms with Gasteiger partial charge in [0.2, 0.25) is 0 Å². The number of nitrogens with two attached hydrogens (primary N) is 1. The number of hydrazine groups is 1. The van der Waals surface area contributed by atoms with Gasteiger partial charge < -0.3 is 4.74 Å². The topological polar surface area (TPSA) is 60.2 Å². The second kappa shape index (κ2) is 5.02. The number of rotatable bonds is 3. The van der Waals surface area contributed by atoms with E-state index in [2.05, 4.69) is 22.5 Å². The molecule has 2 aromatic rings. The van der Waals surface area contributed by atoms with Crippen LogP contribution in [0.3, 0.4) is 0 Å². The minimum atomic E-state index is 0.0404. The first-order valence-electron chi connectivity index (χ1n) is 6.30. The van der Waals surface area contributed by atoms with Gasteiger partial charge in [-0.15, -0.1) is 0 Å². The van der Waals surface area contributed by atoms with Crippen molar-refractivity contribution in [2.24, 2.45) is 5.84 Å².